The third kappa shape index (κ3) is 6.16. The molecule has 25 heavy (non-hydrogen) atoms. The minimum atomic E-state index is -0.367. The Morgan fingerprint density at radius 2 is 1.76 bits per heavy atom. The van der Waals surface area contributed by atoms with Crippen LogP contribution in [0.4, 0.5) is 5.69 Å². The Hall–Kier alpha value is -1.89. The second-order valence-electron chi connectivity index (χ2n) is 5.15. The van der Waals surface area contributed by atoms with Gasteiger partial charge in [0.1, 0.15) is 0 Å². The lowest BCUT2D eigenvalue weighted by atomic mass is 10.2. The van der Waals surface area contributed by atoms with Crippen LogP contribution in [-0.2, 0) is 4.79 Å². The summed E-state index contributed by atoms with van der Waals surface area (Å²) in [6, 6.07) is 11.7. The van der Waals surface area contributed by atoms with Gasteiger partial charge in [-0.1, -0.05) is 35.3 Å². The van der Waals surface area contributed by atoms with Crippen LogP contribution < -0.4 is 10.7 Å². The zero-order valence-corrected chi connectivity index (χ0v) is 16.2. The summed E-state index contributed by atoms with van der Waals surface area (Å²) in [5.74, 6) is -0.663. The summed E-state index contributed by atoms with van der Waals surface area (Å²) in [5.41, 5.74) is 3.82. The highest BCUT2D eigenvalue weighted by molar-refractivity contribution is 9.10. The van der Waals surface area contributed by atoms with Crippen LogP contribution in [-0.4, -0.2) is 17.5 Å². The topological polar surface area (TPSA) is 70.6 Å². The van der Waals surface area contributed by atoms with Crippen LogP contribution in [0.15, 0.2) is 52.0 Å². The molecule has 2 aromatic carbocycles. The molecular formula is C17H14BrCl2N3O2. The minimum Gasteiger partial charge on any atom is -0.326 e. The van der Waals surface area contributed by atoms with Crippen LogP contribution in [0.5, 0.6) is 0 Å². The smallest absolute Gasteiger partial charge is 0.272 e. The Morgan fingerprint density at radius 3 is 2.40 bits per heavy atom. The van der Waals surface area contributed by atoms with Gasteiger partial charge in [-0.25, -0.2) is 5.43 Å². The third-order valence-corrected chi connectivity index (χ3v) is 4.16. The van der Waals surface area contributed by atoms with Gasteiger partial charge >= 0.3 is 0 Å². The molecule has 0 aliphatic heterocycles. The van der Waals surface area contributed by atoms with Gasteiger partial charge in [-0.15, -0.1) is 0 Å². The van der Waals surface area contributed by atoms with Crippen LogP contribution in [0.1, 0.15) is 23.7 Å². The van der Waals surface area contributed by atoms with E-state index < -0.39 is 0 Å². The second-order valence-corrected chi connectivity index (χ2v) is 6.88. The molecule has 0 aromatic heterocycles. The first-order valence-electron chi connectivity index (χ1n) is 7.19. The predicted octanol–water partition coefficient (Wildman–Crippen LogP) is 4.89. The fourth-order valence-electron chi connectivity index (χ4n) is 1.95. The van der Waals surface area contributed by atoms with Crippen LogP contribution in [0, 0.1) is 0 Å². The van der Waals surface area contributed by atoms with E-state index in [4.69, 9.17) is 23.2 Å². The molecule has 0 atom stereocenters. The average molecular weight is 443 g/mol. The molecule has 2 rings (SSSR count). The van der Waals surface area contributed by atoms with Crippen molar-refractivity contribution in [2.75, 3.05) is 5.32 Å². The van der Waals surface area contributed by atoms with Crippen molar-refractivity contribution >= 4 is 62.3 Å². The zero-order valence-electron chi connectivity index (χ0n) is 13.1. The molecule has 0 saturated carbocycles. The molecule has 8 heteroatoms. The molecule has 0 aliphatic carbocycles. The number of carbonyl (C=O) groups is 2. The average Bonchev–Trinajstić information content (AvgIpc) is 2.51. The van der Waals surface area contributed by atoms with E-state index in [-0.39, 0.29) is 18.2 Å². The first kappa shape index (κ1) is 19.4. The van der Waals surface area contributed by atoms with Crippen LogP contribution >= 0.6 is 39.1 Å². The van der Waals surface area contributed by atoms with Crippen molar-refractivity contribution in [1.29, 1.82) is 0 Å². The lowest BCUT2D eigenvalue weighted by Gasteiger charge is -2.07. The number of hydrazone groups is 1. The highest BCUT2D eigenvalue weighted by Gasteiger charge is 2.10. The zero-order chi connectivity index (χ0) is 18.4. The van der Waals surface area contributed by atoms with Crippen LogP contribution in [0.2, 0.25) is 10.0 Å². The highest BCUT2D eigenvalue weighted by Crippen LogP contribution is 2.22. The molecule has 0 heterocycles. The van der Waals surface area contributed by atoms with E-state index >= 15 is 0 Å². The van der Waals surface area contributed by atoms with Crippen molar-refractivity contribution in [3.8, 4) is 0 Å². The summed E-state index contributed by atoms with van der Waals surface area (Å²) < 4.78 is 0.663. The van der Waals surface area contributed by atoms with E-state index in [9.17, 15) is 9.59 Å². The normalized spacial score (nSPS) is 11.1. The largest absolute Gasteiger partial charge is 0.326 e. The Bertz CT molecular complexity index is 820. The van der Waals surface area contributed by atoms with Crippen molar-refractivity contribution in [3.05, 3.63) is 62.5 Å². The molecular weight excluding hydrogens is 429 g/mol. The SMILES string of the molecule is C/C(CC(=O)Nc1cc(Cl)cc(Cl)c1)=N/NC(=O)c1ccccc1Br. The molecule has 0 saturated heterocycles. The van der Waals surface area contributed by atoms with Gasteiger partial charge in [0.25, 0.3) is 5.91 Å². The fourth-order valence-corrected chi connectivity index (χ4v) is 2.95. The summed E-state index contributed by atoms with van der Waals surface area (Å²) in [7, 11) is 0. The molecule has 0 radical (unpaired) electrons. The van der Waals surface area contributed by atoms with E-state index in [1.54, 1.807) is 43.3 Å². The van der Waals surface area contributed by atoms with Gasteiger partial charge in [0.05, 0.1) is 12.0 Å². The van der Waals surface area contributed by atoms with Gasteiger partial charge in [0, 0.05) is 25.9 Å². The summed E-state index contributed by atoms with van der Waals surface area (Å²) in [6.45, 7) is 1.64. The summed E-state index contributed by atoms with van der Waals surface area (Å²) >= 11 is 15.1. The second kappa shape index (κ2) is 8.99. The number of benzene rings is 2. The van der Waals surface area contributed by atoms with Crippen molar-refractivity contribution in [1.82, 2.24) is 5.43 Å². The number of carbonyl (C=O) groups excluding carboxylic acids is 2. The third-order valence-electron chi connectivity index (χ3n) is 3.03. The van der Waals surface area contributed by atoms with Gasteiger partial charge in [-0.2, -0.15) is 5.10 Å². The standard InChI is InChI=1S/C17H14BrCl2N3O2/c1-10(22-23-17(25)14-4-2-3-5-15(14)18)6-16(24)21-13-8-11(19)7-12(20)9-13/h2-5,7-9H,6H2,1H3,(H,21,24)(H,23,25)/b22-10-. The molecule has 2 aromatic rings. The van der Waals surface area contributed by atoms with E-state index in [0.29, 0.717) is 31.5 Å². The summed E-state index contributed by atoms with van der Waals surface area (Å²) in [6.07, 6.45) is 0.0143. The maximum atomic E-state index is 12.0. The first-order valence-corrected chi connectivity index (χ1v) is 8.74. The van der Waals surface area contributed by atoms with Crippen molar-refractivity contribution in [2.45, 2.75) is 13.3 Å². The number of nitrogens with one attached hydrogen (secondary N) is 2. The molecule has 130 valence electrons. The van der Waals surface area contributed by atoms with Crippen molar-refractivity contribution in [3.63, 3.8) is 0 Å². The molecule has 2 N–H and O–H groups in total. The minimum absolute atomic E-state index is 0.0143. The first-order chi connectivity index (χ1) is 11.8. The number of halogens is 3. The number of hydrogen-bond donors (Lipinski definition) is 2. The number of anilines is 1. The number of hydrogen-bond acceptors (Lipinski definition) is 3. The maximum absolute atomic E-state index is 12.0. The van der Waals surface area contributed by atoms with E-state index in [1.807, 2.05) is 6.07 Å². The lowest BCUT2D eigenvalue weighted by Crippen LogP contribution is -2.21. The van der Waals surface area contributed by atoms with Gasteiger partial charge in [0.2, 0.25) is 5.91 Å². The number of amides is 2. The van der Waals surface area contributed by atoms with Gasteiger partial charge < -0.3 is 5.32 Å². The monoisotopic (exact) mass is 441 g/mol. The van der Waals surface area contributed by atoms with Crippen molar-refractivity contribution < 1.29 is 9.59 Å². The Morgan fingerprint density at radius 1 is 1.12 bits per heavy atom. The van der Waals surface area contributed by atoms with Crippen LogP contribution in [0.25, 0.3) is 0 Å². The van der Waals surface area contributed by atoms with Gasteiger partial charge in [-0.3, -0.25) is 9.59 Å². The highest BCUT2D eigenvalue weighted by atomic mass is 79.9. The fraction of sp³-hybridized carbons (Fsp3) is 0.118. The Kier molecular flexibility index (Phi) is 6.99. The number of rotatable bonds is 5. The summed E-state index contributed by atoms with van der Waals surface area (Å²) in [4.78, 5) is 24.1. The quantitative estimate of drug-likeness (QED) is 0.511. The Labute approximate surface area is 163 Å². The van der Waals surface area contributed by atoms with E-state index in [0.717, 1.165) is 0 Å². The number of nitrogens with zero attached hydrogens (tertiary/aromatic N) is 1. The molecule has 5 nitrogen and oxygen atoms in total. The van der Waals surface area contributed by atoms with E-state index in [2.05, 4.69) is 31.8 Å². The molecule has 0 spiro atoms. The molecule has 2 amide bonds. The maximum Gasteiger partial charge on any atom is 0.272 e. The molecule has 0 unspecified atom stereocenters. The van der Waals surface area contributed by atoms with Crippen molar-refractivity contribution in [2.24, 2.45) is 5.10 Å². The predicted molar refractivity (Wildman–Crippen MR) is 104 cm³/mol. The molecule has 0 fully saturated rings. The molecule has 0 bridgehead atoms. The van der Waals surface area contributed by atoms with Crippen LogP contribution in [0.3, 0.4) is 0 Å². The van der Waals surface area contributed by atoms with Gasteiger partial charge in [-0.05, 0) is 53.2 Å². The summed E-state index contributed by atoms with van der Waals surface area (Å²) in [5, 5.41) is 7.47. The molecule has 0 aliphatic rings. The van der Waals surface area contributed by atoms with E-state index in [1.165, 1.54) is 0 Å². The Balaban J connectivity index is 1.93. The lowest BCUT2D eigenvalue weighted by molar-refractivity contribution is -0.115. The van der Waals surface area contributed by atoms with Gasteiger partial charge in [0.15, 0.2) is 0 Å².